The fourth-order valence-corrected chi connectivity index (χ4v) is 3.92. The van der Waals surface area contributed by atoms with Gasteiger partial charge in [0.25, 0.3) is 5.91 Å². The summed E-state index contributed by atoms with van der Waals surface area (Å²) in [4.78, 5) is 25.0. The lowest BCUT2D eigenvalue weighted by Crippen LogP contribution is -2.14. The van der Waals surface area contributed by atoms with Crippen LogP contribution in [0, 0.1) is 13.8 Å². The highest BCUT2D eigenvalue weighted by Crippen LogP contribution is 2.23. The molecular weight excluding hydrogens is 478 g/mol. The molecule has 0 spiro atoms. The van der Waals surface area contributed by atoms with Crippen molar-refractivity contribution in [2.75, 3.05) is 12.4 Å². The average Bonchev–Trinajstić information content (AvgIpc) is 3.15. The van der Waals surface area contributed by atoms with E-state index in [0.717, 1.165) is 22.6 Å². The first-order valence-corrected chi connectivity index (χ1v) is 11.7. The summed E-state index contributed by atoms with van der Waals surface area (Å²) < 4.78 is 12.4. The number of hydrogen-bond acceptors (Lipinski definition) is 5. The van der Waals surface area contributed by atoms with Crippen LogP contribution in [0.3, 0.4) is 0 Å². The maximum atomic E-state index is 12.9. The number of aryl methyl sites for hydroxylation is 1. The number of rotatable bonds is 8. The van der Waals surface area contributed by atoms with Gasteiger partial charge in [0.05, 0.1) is 36.3 Å². The number of carbonyl (C=O) groups is 2. The number of anilines is 1. The van der Waals surface area contributed by atoms with Crippen LogP contribution in [0.2, 0.25) is 5.02 Å². The molecule has 184 valence electrons. The number of halogens is 1. The van der Waals surface area contributed by atoms with Crippen LogP contribution in [0.5, 0.6) is 5.75 Å². The monoisotopic (exact) mass is 503 g/mol. The number of esters is 1. The Balaban J connectivity index is 1.43. The molecule has 0 unspecified atom stereocenters. The van der Waals surface area contributed by atoms with Gasteiger partial charge in [0.2, 0.25) is 0 Å². The number of amides is 1. The molecule has 1 heterocycles. The van der Waals surface area contributed by atoms with E-state index >= 15 is 0 Å². The molecule has 0 bridgehead atoms. The number of nitrogens with one attached hydrogen (secondary N) is 1. The van der Waals surface area contributed by atoms with Gasteiger partial charge in [-0.2, -0.15) is 5.10 Å². The lowest BCUT2D eigenvalue weighted by atomic mass is 10.1. The van der Waals surface area contributed by atoms with Crippen LogP contribution in [0.15, 0.2) is 72.8 Å². The minimum absolute atomic E-state index is 0.235. The van der Waals surface area contributed by atoms with Crippen LogP contribution in [-0.2, 0) is 17.9 Å². The van der Waals surface area contributed by atoms with Crippen molar-refractivity contribution in [3.8, 4) is 5.75 Å². The van der Waals surface area contributed by atoms with Crippen molar-refractivity contribution >= 4 is 29.2 Å². The van der Waals surface area contributed by atoms with Crippen molar-refractivity contribution in [2.45, 2.75) is 27.0 Å². The van der Waals surface area contributed by atoms with E-state index in [1.165, 1.54) is 7.11 Å². The maximum absolute atomic E-state index is 12.9. The number of hydrogen-bond donors (Lipinski definition) is 1. The SMILES string of the molecule is COC(=O)c1ccccc1Cn1nc(C)c(NC(=O)c2ccc(COc3ccc(Cl)cc3)cc2)c1C. The van der Waals surface area contributed by atoms with Crippen LogP contribution in [0.25, 0.3) is 0 Å². The number of aromatic nitrogens is 2. The Hall–Kier alpha value is -4.10. The molecular formula is C28H26ClN3O4. The predicted octanol–water partition coefficient (Wildman–Crippen LogP) is 5.82. The number of carbonyl (C=O) groups excluding carboxylic acids is 2. The minimum atomic E-state index is -0.400. The molecule has 8 heteroatoms. The Morgan fingerprint density at radius 3 is 2.36 bits per heavy atom. The van der Waals surface area contributed by atoms with E-state index < -0.39 is 5.97 Å². The summed E-state index contributed by atoms with van der Waals surface area (Å²) in [6.45, 7) is 4.47. The second-order valence-electron chi connectivity index (χ2n) is 8.25. The zero-order valence-electron chi connectivity index (χ0n) is 20.2. The lowest BCUT2D eigenvalue weighted by Gasteiger charge is -2.10. The van der Waals surface area contributed by atoms with Crippen molar-refractivity contribution in [1.82, 2.24) is 9.78 Å². The normalized spacial score (nSPS) is 10.7. The van der Waals surface area contributed by atoms with Gasteiger partial charge >= 0.3 is 5.97 Å². The quantitative estimate of drug-likeness (QED) is 0.306. The van der Waals surface area contributed by atoms with Gasteiger partial charge in [0, 0.05) is 10.6 Å². The van der Waals surface area contributed by atoms with Gasteiger partial charge in [0.15, 0.2) is 0 Å². The predicted molar refractivity (Wildman–Crippen MR) is 139 cm³/mol. The second-order valence-corrected chi connectivity index (χ2v) is 8.68. The molecule has 0 aliphatic heterocycles. The molecule has 0 fully saturated rings. The molecule has 7 nitrogen and oxygen atoms in total. The van der Waals surface area contributed by atoms with Crippen LogP contribution >= 0.6 is 11.6 Å². The van der Waals surface area contributed by atoms with E-state index in [1.54, 1.807) is 41.1 Å². The first kappa shape index (κ1) is 25.0. The molecule has 0 atom stereocenters. The zero-order valence-corrected chi connectivity index (χ0v) is 21.0. The third kappa shape index (κ3) is 5.75. The minimum Gasteiger partial charge on any atom is -0.489 e. The summed E-state index contributed by atoms with van der Waals surface area (Å²) in [5, 5.41) is 8.20. The van der Waals surface area contributed by atoms with E-state index in [0.29, 0.717) is 40.7 Å². The summed E-state index contributed by atoms with van der Waals surface area (Å²) in [6.07, 6.45) is 0. The van der Waals surface area contributed by atoms with Gasteiger partial charge < -0.3 is 14.8 Å². The van der Waals surface area contributed by atoms with Gasteiger partial charge in [-0.1, -0.05) is 41.9 Å². The van der Waals surface area contributed by atoms with Crippen LogP contribution < -0.4 is 10.1 Å². The Labute approximate surface area is 214 Å². The largest absolute Gasteiger partial charge is 0.489 e. The Kier molecular flexibility index (Phi) is 7.71. The summed E-state index contributed by atoms with van der Waals surface area (Å²) in [5.41, 5.74) is 4.84. The highest BCUT2D eigenvalue weighted by atomic mass is 35.5. The third-order valence-electron chi connectivity index (χ3n) is 5.80. The van der Waals surface area contributed by atoms with Crippen LogP contribution in [0.4, 0.5) is 5.69 Å². The average molecular weight is 504 g/mol. The summed E-state index contributed by atoms with van der Waals surface area (Å²) >= 11 is 5.90. The molecule has 0 radical (unpaired) electrons. The second kappa shape index (κ2) is 11.1. The van der Waals surface area contributed by atoms with Gasteiger partial charge in [-0.05, 0) is 67.4 Å². The standard InChI is InChI=1S/C28H26ClN3O4/c1-18-26(19(2)32(31-18)16-22-6-4-5-7-25(22)28(34)35-3)30-27(33)21-10-8-20(9-11-21)17-36-24-14-12-23(29)13-15-24/h4-15H,16-17H2,1-3H3,(H,30,33). The van der Waals surface area contributed by atoms with Crippen molar-refractivity contribution in [1.29, 1.82) is 0 Å². The fourth-order valence-electron chi connectivity index (χ4n) is 3.80. The van der Waals surface area contributed by atoms with E-state index in [1.807, 2.05) is 50.2 Å². The lowest BCUT2D eigenvalue weighted by molar-refractivity contribution is 0.0599. The topological polar surface area (TPSA) is 82.5 Å². The molecule has 36 heavy (non-hydrogen) atoms. The molecule has 0 aliphatic carbocycles. The van der Waals surface area contributed by atoms with Crippen molar-refractivity contribution < 1.29 is 19.1 Å². The van der Waals surface area contributed by atoms with Gasteiger partial charge in [0.1, 0.15) is 12.4 Å². The van der Waals surface area contributed by atoms with Crippen molar-refractivity contribution in [2.24, 2.45) is 0 Å². The summed E-state index contributed by atoms with van der Waals surface area (Å²) in [6, 6.07) is 21.6. The van der Waals surface area contributed by atoms with Gasteiger partial charge in [-0.3, -0.25) is 9.48 Å². The zero-order chi connectivity index (χ0) is 25.7. The number of methoxy groups -OCH3 is 1. The van der Waals surface area contributed by atoms with Gasteiger partial charge in [-0.15, -0.1) is 0 Å². The summed E-state index contributed by atoms with van der Waals surface area (Å²) in [5.74, 6) is 0.0851. The molecule has 0 saturated heterocycles. The molecule has 4 aromatic rings. The van der Waals surface area contributed by atoms with E-state index in [9.17, 15) is 9.59 Å². The molecule has 1 aromatic heterocycles. The Morgan fingerprint density at radius 2 is 1.67 bits per heavy atom. The Morgan fingerprint density at radius 1 is 0.972 bits per heavy atom. The molecule has 0 aliphatic rings. The molecule has 1 amide bonds. The smallest absolute Gasteiger partial charge is 0.338 e. The highest BCUT2D eigenvalue weighted by molar-refractivity contribution is 6.30. The van der Waals surface area contributed by atoms with Gasteiger partial charge in [-0.25, -0.2) is 4.79 Å². The molecule has 0 saturated carbocycles. The van der Waals surface area contributed by atoms with E-state index in [2.05, 4.69) is 10.4 Å². The molecule has 1 N–H and O–H groups in total. The summed E-state index contributed by atoms with van der Waals surface area (Å²) in [7, 11) is 1.36. The third-order valence-corrected chi connectivity index (χ3v) is 6.05. The first-order chi connectivity index (χ1) is 17.4. The number of ether oxygens (including phenoxy) is 2. The Bertz CT molecular complexity index is 1380. The fraction of sp³-hybridized carbons (Fsp3) is 0.179. The van der Waals surface area contributed by atoms with Crippen molar-refractivity contribution in [3.05, 3.63) is 111 Å². The molecule has 3 aromatic carbocycles. The highest BCUT2D eigenvalue weighted by Gasteiger charge is 2.18. The van der Waals surface area contributed by atoms with Crippen LogP contribution in [-0.4, -0.2) is 28.8 Å². The first-order valence-electron chi connectivity index (χ1n) is 11.3. The van der Waals surface area contributed by atoms with Crippen LogP contribution in [0.1, 0.15) is 43.2 Å². The van der Waals surface area contributed by atoms with E-state index in [-0.39, 0.29) is 5.91 Å². The number of benzene rings is 3. The van der Waals surface area contributed by atoms with E-state index in [4.69, 9.17) is 21.1 Å². The maximum Gasteiger partial charge on any atom is 0.338 e. The number of nitrogens with zero attached hydrogens (tertiary/aromatic N) is 2. The van der Waals surface area contributed by atoms with Crippen molar-refractivity contribution in [3.63, 3.8) is 0 Å². The molecule has 4 rings (SSSR count).